The topological polar surface area (TPSA) is 121 Å². The molecule has 1 aliphatic carbocycles. The quantitative estimate of drug-likeness (QED) is 0.473. The van der Waals surface area contributed by atoms with Gasteiger partial charge < -0.3 is 20.7 Å². The van der Waals surface area contributed by atoms with Crippen molar-refractivity contribution in [2.24, 2.45) is 0 Å². The number of nitrogens with one attached hydrogen (secondary N) is 4. The van der Waals surface area contributed by atoms with Gasteiger partial charge in [-0.3, -0.25) is 14.9 Å². The van der Waals surface area contributed by atoms with Gasteiger partial charge in [-0.15, -0.1) is 11.3 Å². The lowest BCUT2D eigenvalue weighted by Crippen LogP contribution is -2.38. The monoisotopic (exact) mass is 459 g/mol. The molecule has 4 amide bonds. The lowest BCUT2D eigenvalue weighted by molar-refractivity contribution is -0.116. The van der Waals surface area contributed by atoms with Gasteiger partial charge in [0.05, 0.1) is 18.5 Å². The zero-order chi connectivity index (χ0) is 22.9. The van der Waals surface area contributed by atoms with Crippen LogP contribution in [0.2, 0.25) is 0 Å². The summed E-state index contributed by atoms with van der Waals surface area (Å²) in [6, 6.07) is 5.02. The Kier molecular flexibility index (Phi) is 8.43. The van der Waals surface area contributed by atoms with E-state index in [9.17, 15) is 14.4 Å². The Morgan fingerprint density at radius 2 is 1.91 bits per heavy atom. The summed E-state index contributed by atoms with van der Waals surface area (Å²) in [5.74, 6) is 0.0882. The Bertz CT molecular complexity index is 956. The highest BCUT2D eigenvalue weighted by Gasteiger charge is 2.16. The number of carbonyl (C=O) groups excluding carboxylic acids is 3. The average Bonchev–Trinajstić information content (AvgIpc) is 3.20. The Labute approximate surface area is 191 Å². The van der Waals surface area contributed by atoms with E-state index in [1.807, 2.05) is 5.38 Å². The molecule has 1 saturated carbocycles. The van der Waals surface area contributed by atoms with Crippen molar-refractivity contribution in [1.82, 2.24) is 10.3 Å². The maximum atomic E-state index is 12.4. The molecule has 1 heterocycles. The first kappa shape index (κ1) is 23.5. The van der Waals surface area contributed by atoms with Gasteiger partial charge in [0.15, 0.2) is 5.13 Å². The molecule has 1 aromatic heterocycles. The highest BCUT2D eigenvalue weighted by Crippen LogP contribution is 2.28. The van der Waals surface area contributed by atoms with Crippen LogP contribution in [-0.4, -0.2) is 36.0 Å². The fraction of sp³-hybridized carbons (Fsp3) is 0.455. The molecule has 0 unspecified atom stereocenters. The number of aromatic nitrogens is 1. The number of carbonyl (C=O) groups is 3. The summed E-state index contributed by atoms with van der Waals surface area (Å²) in [6.07, 6.45) is 6.22. The molecule has 0 atom stereocenters. The summed E-state index contributed by atoms with van der Waals surface area (Å²) >= 11 is 1.33. The van der Waals surface area contributed by atoms with Crippen molar-refractivity contribution in [3.8, 4) is 5.75 Å². The van der Waals surface area contributed by atoms with E-state index in [0.717, 1.165) is 31.4 Å². The molecule has 9 nitrogen and oxygen atoms in total. The van der Waals surface area contributed by atoms with E-state index in [-0.39, 0.29) is 30.3 Å². The largest absolute Gasteiger partial charge is 0.495 e. The molecule has 0 spiro atoms. The molecule has 10 heteroatoms. The van der Waals surface area contributed by atoms with E-state index >= 15 is 0 Å². The third-order valence-electron chi connectivity index (χ3n) is 5.11. The van der Waals surface area contributed by atoms with Crippen LogP contribution in [0.4, 0.5) is 21.3 Å². The zero-order valence-electron chi connectivity index (χ0n) is 18.3. The van der Waals surface area contributed by atoms with E-state index in [1.165, 1.54) is 31.8 Å². The number of urea groups is 1. The highest BCUT2D eigenvalue weighted by atomic mass is 32.1. The standard InChI is InChI=1S/C22H29N5O4S/c1-14(28)23-16-8-10-19(31-2)18(12-16)26-20(29)11-9-17-13-32-22(25-17)27-21(30)24-15-6-4-3-5-7-15/h8,10,12-13,15H,3-7,9,11H2,1-2H3,(H,23,28)(H,26,29)(H2,24,25,27,30). The second-order valence-electron chi connectivity index (χ2n) is 7.72. The summed E-state index contributed by atoms with van der Waals surface area (Å²) in [6.45, 7) is 1.42. The smallest absolute Gasteiger partial charge is 0.321 e. The van der Waals surface area contributed by atoms with E-state index in [2.05, 4.69) is 26.3 Å². The van der Waals surface area contributed by atoms with Gasteiger partial charge in [0.25, 0.3) is 0 Å². The predicted molar refractivity (Wildman–Crippen MR) is 125 cm³/mol. The van der Waals surface area contributed by atoms with Gasteiger partial charge in [0.2, 0.25) is 11.8 Å². The van der Waals surface area contributed by atoms with Crippen molar-refractivity contribution < 1.29 is 19.1 Å². The Hall–Kier alpha value is -3.14. The molecule has 32 heavy (non-hydrogen) atoms. The number of amides is 4. The molecule has 0 radical (unpaired) electrons. The second kappa shape index (κ2) is 11.5. The van der Waals surface area contributed by atoms with Crippen molar-refractivity contribution >= 4 is 45.7 Å². The molecular formula is C22H29N5O4S. The summed E-state index contributed by atoms with van der Waals surface area (Å²) in [7, 11) is 1.51. The van der Waals surface area contributed by atoms with Gasteiger partial charge in [0, 0.05) is 30.5 Å². The first-order valence-electron chi connectivity index (χ1n) is 10.7. The van der Waals surface area contributed by atoms with E-state index in [0.29, 0.717) is 28.7 Å². The van der Waals surface area contributed by atoms with Crippen molar-refractivity contribution in [2.75, 3.05) is 23.1 Å². The lowest BCUT2D eigenvalue weighted by Gasteiger charge is -2.22. The molecule has 3 rings (SSSR count). The Balaban J connectivity index is 1.48. The van der Waals surface area contributed by atoms with Crippen LogP contribution in [0.1, 0.15) is 51.1 Å². The SMILES string of the molecule is COc1ccc(NC(C)=O)cc1NC(=O)CCc1csc(NC(=O)NC2CCCCC2)n1. The molecule has 0 bridgehead atoms. The second-order valence-corrected chi connectivity index (χ2v) is 8.58. The maximum absolute atomic E-state index is 12.4. The number of methoxy groups -OCH3 is 1. The molecule has 1 aromatic carbocycles. The van der Waals surface area contributed by atoms with Crippen LogP contribution in [0.15, 0.2) is 23.6 Å². The zero-order valence-corrected chi connectivity index (χ0v) is 19.1. The number of rotatable bonds is 8. The van der Waals surface area contributed by atoms with Crippen LogP contribution >= 0.6 is 11.3 Å². The van der Waals surface area contributed by atoms with Crippen LogP contribution in [0.3, 0.4) is 0 Å². The number of hydrogen-bond acceptors (Lipinski definition) is 6. The van der Waals surface area contributed by atoms with Crippen LogP contribution < -0.4 is 26.0 Å². The summed E-state index contributed by atoms with van der Waals surface area (Å²) in [4.78, 5) is 40.3. The van der Waals surface area contributed by atoms with Crippen molar-refractivity contribution in [1.29, 1.82) is 0 Å². The maximum Gasteiger partial charge on any atom is 0.321 e. The fourth-order valence-electron chi connectivity index (χ4n) is 3.59. The van der Waals surface area contributed by atoms with Gasteiger partial charge in [-0.25, -0.2) is 9.78 Å². The van der Waals surface area contributed by atoms with Crippen LogP contribution in [0.5, 0.6) is 5.75 Å². The summed E-state index contributed by atoms with van der Waals surface area (Å²) in [5.41, 5.74) is 1.77. The number of thiazole rings is 1. The normalized spacial score (nSPS) is 13.8. The molecule has 0 saturated heterocycles. The average molecular weight is 460 g/mol. The van der Waals surface area contributed by atoms with Gasteiger partial charge in [-0.1, -0.05) is 19.3 Å². The number of ether oxygens (including phenoxy) is 1. The molecule has 1 fully saturated rings. The number of benzene rings is 1. The lowest BCUT2D eigenvalue weighted by atomic mass is 9.96. The number of hydrogen-bond donors (Lipinski definition) is 4. The van der Waals surface area contributed by atoms with Crippen LogP contribution in [0.25, 0.3) is 0 Å². The minimum atomic E-state index is -0.235. The van der Waals surface area contributed by atoms with Crippen molar-refractivity contribution in [3.05, 3.63) is 29.3 Å². The number of anilines is 3. The molecular weight excluding hydrogens is 430 g/mol. The number of nitrogens with zero attached hydrogens (tertiary/aromatic N) is 1. The van der Waals surface area contributed by atoms with E-state index in [1.54, 1.807) is 18.2 Å². The van der Waals surface area contributed by atoms with Crippen molar-refractivity contribution in [2.45, 2.75) is 57.9 Å². The van der Waals surface area contributed by atoms with Crippen LogP contribution in [0, 0.1) is 0 Å². The molecule has 2 aromatic rings. The third kappa shape index (κ3) is 7.23. The van der Waals surface area contributed by atoms with Gasteiger partial charge in [0.1, 0.15) is 5.75 Å². The highest BCUT2D eigenvalue weighted by molar-refractivity contribution is 7.13. The first-order chi connectivity index (χ1) is 15.4. The minimum Gasteiger partial charge on any atom is -0.495 e. The minimum absolute atomic E-state index is 0.201. The predicted octanol–water partition coefficient (Wildman–Crippen LogP) is 4.14. The third-order valence-corrected chi connectivity index (χ3v) is 5.92. The van der Waals surface area contributed by atoms with Gasteiger partial charge in [-0.05, 0) is 37.5 Å². The van der Waals surface area contributed by atoms with Gasteiger partial charge >= 0.3 is 6.03 Å². The van der Waals surface area contributed by atoms with E-state index < -0.39 is 0 Å². The Morgan fingerprint density at radius 3 is 2.62 bits per heavy atom. The summed E-state index contributed by atoms with van der Waals surface area (Å²) in [5, 5.41) is 13.6. The molecule has 0 aliphatic heterocycles. The molecule has 172 valence electrons. The van der Waals surface area contributed by atoms with Gasteiger partial charge in [-0.2, -0.15) is 0 Å². The van der Waals surface area contributed by atoms with Crippen molar-refractivity contribution in [3.63, 3.8) is 0 Å². The molecule has 1 aliphatic rings. The Morgan fingerprint density at radius 1 is 1.12 bits per heavy atom. The van der Waals surface area contributed by atoms with Crippen LogP contribution in [-0.2, 0) is 16.0 Å². The fourth-order valence-corrected chi connectivity index (χ4v) is 4.33. The van der Waals surface area contributed by atoms with E-state index in [4.69, 9.17) is 4.74 Å². The first-order valence-corrected chi connectivity index (χ1v) is 11.6. The number of aryl methyl sites for hydroxylation is 1. The summed E-state index contributed by atoms with van der Waals surface area (Å²) < 4.78 is 5.28. The molecule has 4 N–H and O–H groups in total.